The van der Waals surface area contributed by atoms with Crippen LogP contribution in [0.3, 0.4) is 0 Å². The molecular formula is C29H31F4N5O6. The number of hydrazine groups is 1. The zero-order valence-electron chi connectivity index (χ0n) is 23.8. The van der Waals surface area contributed by atoms with Crippen LogP contribution in [0.1, 0.15) is 48.3 Å². The van der Waals surface area contributed by atoms with E-state index in [-0.39, 0.29) is 17.5 Å². The van der Waals surface area contributed by atoms with Crippen LogP contribution in [0.2, 0.25) is 0 Å². The molecule has 0 saturated heterocycles. The number of amides is 2. The molecule has 0 heterocycles. The topological polar surface area (TPSA) is 176 Å². The van der Waals surface area contributed by atoms with Gasteiger partial charge in [0.05, 0.1) is 12.7 Å². The van der Waals surface area contributed by atoms with Crippen LogP contribution < -0.4 is 31.4 Å². The van der Waals surface area contributed by atoms with Gasteiger partial charge in [-0.25, -0.2) is 9.18 Å². The van der Waals surface area contributed by atoms with Crippen molar-refractivity contribution in [3.05, 3.63) is 89.2 Å². The molecular weight excluding hydrogens is 590 g/mol. The summed E-state index contributed by atoms with van der Waals surface area (Å²) in [4.78, 5) is 34.6. The number of nitrogens with one attached hydrogen (secondary N) is 4. The van der Waals surface area contributed by atoms with E-state index in [1.165, 1.54) is 12.1 Å². The SMILES string of the molecule is CCOc1cc(C(Nc2ccc(C(=N)N)cc2)C(=O)NNC(=O)c2ccc(F)cc2)ccc1OC(C)C.O=C(O)C(F)(F)F. The highest BCUT2D eigenvalue weighted by Gasteiger charge is 2.38. The van der Waals surface area contributed by atoms with Gasteiger partial charge in [0.15, 0.2) is 11.5 Å². The number of amidine groups is 1. The summed E-state index contributed by atoms with van der Waals surface area (Å²) in [6, 6.07) is 15.8. The van der Waals surface area contributed by atoms with Gasteiger partial charge in [0.25, 0.3) is 11.8 Å². The van der Waals surface area contributed by atoms with Crippen LogP contribution >= 0.6 is 0 Å². The molecule has 0 radical (unpaired) electrons. The number of anilines is 1. The van der Waals surface area contributed by atoms with E-state index in [4.69, 9.17) is 30.5 Å². The monoisotopic (exact) mass is 621 g/mol. The van der Waals surface area contributed by atoms with Crippen LogP contribution in [0.4, 0.5) is 23.2 Å². The number of carboxylic acids is 1. The lowest BCUT2D eigenvalue weighted by Crippen LogP contribution is -2.45. The van der Waals surface area contributed by atoms with E-state index in [0.717, 1.165) is 12.1 Å². The second-order valence-electron chi connectivity index (χ2n) is 9.13. The van der Waals surface area contributed by atoms with Crippen molar-refractivity contribution in [2.24, 2.45) is 5.73 Å². The van der Waals surface area contributed by atoms with Gasteiger partial charge in [-0.1, -0.05) is 6.07 Å². The average Bonchev–Trinajstić information content (AvgIpc) is 2.95. The molecule has 0 aromatic heterocycles. The number of rotatable bonds is 10. The number of carbonyl (C=O) groups excluding carboxylic acids is 2. The molecule has 3 aromatic rings. The van der Waals surface area contributed by atoms with Crippen molar-refractivity contribution >= 4 is 29.3 Å². The number of carbonyl (C=O) groups is 3. The Kier molecular flexibility index (Phi) is 12.5. The molecule has 0 aliphatic heterocycles. The summed E-state index contributed by atoms with van der Waals surface area (Å²) < 4.78 is 56.5. The predicted octanol–water partition coefficient (Wildman–Crippen LogP) is 4.54. The molecule has 0 spiro atoms. The number of halogens is 4. The predicted molar refractivity (Wildman–Crippen MR) is 153 cm³/mol. The number of hydrogen-bond donors (Lipinski definition) is 6. The normalized spacial score (nSPS) is 11.4. The summed E-state index contributed by atoms with van der Waals surface area (Å²) in [5, 5.41) is 17.8. The maximum atomic E-state index is 13.3. The molecule has 1 unspecified atom stereocenters. The van der Waals surface area contributed by atoms with Gasteiger partial charge in [-0.15, -0.1) is 0 Å². The third-order valence-corrected chi connectivity index (χ3v) is 5.38. The van der Waals surface area contributed by atoms with Gasteiger partial charge in [-0.05, 0) is 87.0 Å². The zero-order chi connectivity index (χ0) is 33.0. The van der Waals surface area contributed by atoms with Crippen LogP contribution in [0.25, 0.3) is 0 Å². The number of hydrogen-bond acceptors (Lipinski definition) is 7. The third kappa shape index (κ3) is 10.8. The van der Waals surface area contributed by atoms with Crippen LogP contribution in [0, 0.1) is 11.2 Å². The molecule has 3 aromatic carbocycles. The molecule has 0 fully saturated rings. The molecule has 7 N–H and O–H groups in total. The van der Waals surface area contributed by atoms with E-state index in [2.05, 4.69) is 16.2 Å². The van der Waals surface area contributed by atoms with Crippen molar-refractivity contribution in [3.8, 4) is 11.5 Å². The highest BCUT2D eigenvalue weighted by molar-refractivity contribution is 5.97. The average molecular weight is 622 g/mol. The number of aliphatic carboxylic acids is 1. The smallest absolute Gasteiger partial charge is 0.490 e. The quantitative estimate of drug-likeness (QED) is 0.0827. The van der Waals surface area contributed by atoms with Crippen molar-refractivity contribution in [1.82, 2.24) is 10.9 Å². The first-order valence-electron chi connectivity index (χ1n) is 12.9. The number of benzene rings is 3. The van der Waals surface area contributed by atoms with Gasteiger partial charge < -0.3 is 25.6 Å². The van der Waals surface area contributed by atoms with Crippen molar-refractivity contribution in [1.29, 1.82) is 5.41 Å². The molecule has 3 rings (SSSR count). The first-order valence-corrected chi connectivity index (χ1v) is 12.9. The summed E-state index contributed by atoms with van der Waals surface area (Å²) >= 11 is 0. The van der Waals surface area contributed by atoms with E-state index in [9.17, 15) is 27.2 Å². The maximum Gasteiger partial charge on any atom is 0.490 e. The van der Waals surface area contributed by atoms with Gasteiger partial charge in [0.2, 0.25) is 0 Å². The van der Waals surface area contributed by atoms with Crippen molar-refractivity contribution in [2.75, 3.05) is 11.9 Å². The fourth-order valence-electron chi connectivity index (χ4n) is 3.40. The molecule has 2 amide bonds. The Bertz CT molecular complexity index is 1450. The molecule has 0 aliphatic rings. The van der Waals surface area contributed by atoms with Crippen LogP contribution in [0.5, 0.6) is 11.5 Å². The Morgan fingerprint density at radius 1 is 0.932 bits per heavy atom. The van der Waals surface area contributed by atoms with Crippen LogP contribution in [-0.4, -0.2) is 47.6 Å². The van der Waals surface area contributed by atoms with E-state index in [1.807, 2.05) is 20.8 Å². The highest BCUT2D eigenvalue weighted by Crippen LogP contribution is 2.33. The molecule has 0 bridgehead atoms. The fraction of sp³-hybridized carbons (Fsp3) is 0.241. The molecule has 0 saturated carbocycles. The number of carboxylic acid groups (broad SMARTS) is 1. The minimum atomic E-state index is -5.08. The molecule has 15 heteroatoms. The second kappa shape index (κ2) is 15.8. The number of alkyl halides is 3. The van der Waals surface area contributed by atoms with Crippen LogP contribution in [0.15, 0.2) is 66.7 Å². The lowest BCUT2D eigenvalue weighted by atomic mass is 10.0. The van der Waals surface area contributed by atoms with E-state index < -0.39 is 35.8 Å². The molecule has 1 atom stereocenters. The Hall–Kier alpha value is -5.34. The summed E-state index contributed by atoms with van der Waals surface area (Å²) in [6.45, 7) is 6.03. The first kappa shape index (κ1) is 34.9. The Morgan fingerprint density at radius 3 is 2.00 bits per heavy atom. The van der Waals surface area contributed by atoms with Gasteiger partial charge in [-0.2, -0.15) is 13.2 Å². The highest BCUT2D eigenvalue weighted by atomic mass is 19.4. The molecule has 44 heavy (non-hydrogen) atoms. The zero-order valence-corrected chi connectivity index (χ0v) is 23.8. The van der Waals surface area contributed by atoms with Crippen molar-refractivity contribution < 1.29 is 46.5 Å². The molecule has 11 nitrogen and oxygen atoms in total. The van der Waals surface area contributed by atoms with Gasteiger partial charge >= 0.3 is 12.1 Å². The minimum absolute atomic E-state index is 0.0774. The minimum Gasteiger partial charge on any atom is -0.490 e. The number of ether oxygens (including phenoxy) is 2. The summed E-state index contributed by atoms with van der Waals surface area (Å²) in [7, 11) is 0. The standard InChI is InChI=1S/C27H30FN5O4.C2HF3O2/c1-4-36-23-15-19(9-14-22(23)37-16(2)3)24(31-21-12-7-17(8-13-21)25(29)30)27(35)33-32-26(34)18-5-10-20(28)11-6-18;3-2(4,5)1(6)7/h5-16,24,31H,4H2,1-3H3,(H3,29,30)(H,32,34)(H,33,35);(H,6,7). The van der Waals surface area contributed by atoms with Gasteiger partial charge in [0.1, 0.15) is 17.7 Å². The van der Waals surface area contributed by atoms with E-state index >= 15 is 0 Å². The Labute approximate surface area is 249 Å². The number of nitrogen functional groups attached to an aromatic ring is 1. The van der Waals surface area contributed by atoms with Crippen LogP contribution in [-0.2, 0) is 9.59 Å². The van der Waals surface area contributed by atoms with E-state index in [0.29, 0.717) is 34.9 Å². The lowest BCUT2D eigenvalue weighted by Gasteiger charge is -2.22. The molecule has 0 aliphatic carbocycles. The maximum absolute atomic E-state index is 13.3. The first-order chi connectivity index (χ1) is 20.6. The molecule has 236 valence electrons. The second-order valence-corrected chi connectivity index (χ2v) is 9.13. The summed E-state index contributed by atoms with van der Waals surface area (Å²) in [5.41, 5.74) is 12.1. The largest absolute Gasteiger partial charge is 0.490 e. The van der Waals surface area contributed by atoms with Crippen molar-refractivity contribution in [3.63, 3.8) is 0 Å². The lowest BCUT2D eigenvalue weighted by molar-refractivity contribution is -0.192. The van der Waals surface area contributed by atoms with Gasteiger partial charge in [0, 0.05) is 16.8 Å². The summed E-state index contributed by atoms with van der Waals surface area (Å²) in [6.07, 6.45) is -5.16. The Balaban J connectivity index is 0.000000860. The Morgan fingerprint density at radius 2 is 1.50 bits per heavy atom. The fourth-order valence-corrected chi connectivity index (χ4v) is 3.40. The van der Waals surface area contributed by atoms with E-state index in [1.54, 1.807) is 42.5 Å². The van der Waals surface area contributed by atoms with Crippen molar-refractivity contribution in [2.45, 2.75) is 39.1 Å². The third-order valence-electron chi connectivity index (χ3n) is 5.38. The number of nitrogens with two attached hydrogens (primary N) is 1. The summed E-state index contributed by atoms with van der Waals surface area (Å²) in [5.74, 6) is -3.47. The van der Waals surface area contributed by atoms with Gasteiger partial charge in [-0.3, -0.25) is 25.8 Å².